The number of rotatable bonds is 5. The van der Waals surface area contributed by atoms with Crippen molar-refractivity contribution in [2.45, 2.75) is 13.5 Å². The highest BCUT2D eigenvalue weighted by Gasteiger charge is 2.30. The Morgan fingerprint density at radius 3 is 2.42 bits per heavy atom. The van der Waals surface area contributed by atoms with Crippen LogP contribution in [-0.2, 0) is 6.61 Å². The third-order valence-electron chi connectivity index (χ3n) is 4.79. The molecule has 0 spiro atoms. The number of benzene rings is 3. The normalized spacial score (nSPS) is 13.8. The molecule has 0 fully saturated rings. The topological polar surface area (TPSA) is 78.7 Å². The molecule has 0 unspecified atom stereocenters. The van der Waals surface area contributed by atoms with Crippen molar-refractivity contribution in [3.63, 3.8) is 0 Å². The number of nitro groups is 1. The summed E-state index contributed by atoms with van der Waals surface area (Å²) in [5.74, 6) is -1.14. The van der Waals surface area contributed by atoms with Gasteiger partial charge in [-0.1, -0.05) is 6.07 Å². The number of non-ortho nitro benzene ring substituents is 1. The molecule has 6 nitrogen and oxygen atoms in total. The van der Waals surface area contributed by atoms with Gasteiger partial charge in [-0.2, -0.15) is 0 Å². The Bertz CT molecular complexity index is 1220. The number of nitro benzene ring substituents is 1. The molecule has 0 N–H and O–H groups in total. The Labute approximate surface area is 175 Å². The van der Waals surface area contributed by atoms with Gasteiger partial charge in [0.2, 0.25) is 5.78 Å². The Balaban J connectivity index is 1.56. The number of hydrogen-bond donors (Lipinski definition) is 0. The monoisotopic (exact) mass is 423 g/mol. The van der Waals surface area contributed by atoms with E-state index >= 15 is 0 Å². The molecule has 3 aromatic carbocycles. The maximum absolute atomic E-state index is 13.8. The average Bonchev–Trinajstić information content (AvgIpc) is 3.03. The van der Waals surface area contributed by atoms with Crippen LogP contribution in [0.1, 0.15) is 27.0 Å². The number of fused-ring (bicyclic) bond motifs is 1. The maximum atomic E-state index is 13.8. The lowest BCUT2D eigenvalue weighted by Crippen LogP contribution is -2.02. The van der Waals surface area contributed by atoms with Crippen LogP contribution in [0.3, 0.4) is 0 Å². The minimum Gasteiger partial charge on any atom is -0.489 e. The summed E-state index contributed by atoms with van der Waals surface area (Å²) in [6, 6.07) is 12.3. The summed E-state index contributed by atoms with van der Waals surface area (Å²) in [5.41, 5.74) is 1.24. The number of nitrogens with zero attached hydrogens (tertiary/aromatic N) is 1. The standard InChI is InChI=1S/C23H15F2NO5/c1-13-9-16(30-12-17-18(24)3-2-4-19(17)25)11-20-22(13)23(27)21(31-20)10-14-5-7-15(8-6-14)26(28)29/h2-11H,12H2,1H3/b21-10-. The summed E-state index contributed by atoms with van der Waals surface area (Å²) >= 11 is 0. The molecule has 0 radical (unpaired) electrons. The first kappa shape index (κ1) is 20.2. The molecule has 4 rings (SSSR count). The number of Topliss-reactive ketones (excluding diaryl/α,β-unsaturated/α-hetero) is 1. The minimum absolute atomic E-state index is 0.0595. The third kappa shape index (κ3) is 4.00. The molecular weight excluding hydrogens is 408 g/mol. The molecule has 3 aromatic rings. The van der Waals surface area contributed by atoms with E-state index in [1.807, 2.05) is 0 Å². The number of carbonyl (C=O) groups excluding carboxylic acids is 1. The van der Waals surface area contributed by atoms with Crippen molar-refractivity contribution < 1.29 is 28.0 Å². The molecule has 1 heterocycles. The molecule has 0 bridgehead atoms. The van der Waals surface area contributed by atoms with E-state index in [4.69, 9.17) is 9.47 Å². The average molecular weight is 423 g/mol. The minimum atomic E-state index is -0.711. The van der Waals surface area contributed by atoms with Crippen LogP contribution in [0.4, 0.5) is 14.5 Å². The fourth-order valence-electron chi connectivity index (χ4n) is 3.23. The van der Waals surface area contributed by atoms with E-state index in [-0.39, 0.29) is 35.1 Å². The van der Waals surface area contributed by atoms with Crippen LogP contribution in [0.2, 0.25) is 0 Å². The predicted octanol–water partition coefficient (Wildman–Crippen LogP) is 5.38. The number of aryl methyl sites for hydroxylation is 1. The number of allylic oxidation sites excluding steroid dienone is 1. The molecule has 8 heteroatoms. The lowest BCUT2D eigenvalue weighted by Gasteiger charge is -2.10. The largest absolute Gasteiger partial charge is 0.489 e. The van der Waals surface area contributed by atoms with Crippen molar-refractivity contribution in [3.8, 4) is 11.5 Å². The molecule has 31 heavy (non-hydrogen) atoms. The maximum Gasteiger partial charge on any atom is 0.269 e. The van der Waals surface area contributed by atoms with E-state index in [1.165, 1.54) is 42.5 Å². The Morgan fingerprint density at radius 2 is 1.77 bits per heavy atom. The lowest BCUT2D eigenvalue weighted by molar-refractivity contribution is -0.384. The highest BCUT2D eigenvalue weighted by molar-refractivity contribution is 6.15. The van der Waals surface area contributed by atoms with Crippen LogP contribution in [0.15, 0.2) is 60.4 Å². The molecular formula is C23H15F2NO5. The first-order valence-corrected chi connectivity index (χ1v) is 9.22. The second kappa shape index (κ2) is 7.98. The second-order valence-electron chi connectivity index (χ2n) is 6.89. The number of ether oxygens (including phenoxy) is 2. The zero-order valence-electron chi connectivity index (χ0n) is 16.2. The second-order valence-corrected chi connectivity index (χ2v) is 6.89. The fraction of sp³-hybridized carbons (Fsp3) is 0.0870. The van der Waals surface area contributed by atoms with Crippen molar-refractivity contribution in [2.24, 2.45) is 0 Å². The zero-order valence-corrected chi connectivity index (χ0v) is 16.2. The molecule has 0 atom stereocenters. The van der Waals surface area contributed by atoms with Gasteiger partial charge in [-0.15, -0.1) is 0 Å². The van der Waals surface area contributed by atoms with Gasteiger partial charge in [-0.3, -0.25) is 14.9 Å². The summed E-state index contributed by atoms with van der Waals surface area (Å²) in [6.07, 6.45) is 1.49. The highest BCUT2D eigenvalue weighted by Crippen LogP contribution is 2.38. The lowest BCUT2D eigenvalue weighted by atomic mass is 10.0. The van der Waals surface area contributed by atoms with Gasteiger partial charge in [-0.05, 0) is 54.5 Å². The smallest absolute Gasteiger partial charge is 0.269 e. The molecule has 0 aliphatic carbocycles. The molecule has 0 amide bonds. The molecule has 0 aromatic heterocycles. The van der Waals surface area contributed by atoms with Gasteiger partial charge in [0, 0.05) is 18.2 Å². The van der Waals surface area contributed by atoms with Crippen LogP contribution in [0, 0.1) is 28.7 Å². The van der Waals surface area contributed by atoms with Gasteiger partial charge in [0.1, 0.15) is 29.7 Å². The van der Waals surface area contributed by atoms with Crippen molar-refractivity contribution in [3.05, 3.63) is 104 Å². The van der Waals surface area contributed by atoms with Crippen LogP contribution in [-0.4, -0.2) is 10.7 Å². The summed E-state index contributed by atoms with van der Waals surface area (Å²) < 4.78 is 38.8. The summed E-state index contributed by atoms with van der Waals surface area (Å²) in [5, 5.41) is 10.8. The van der Waals surface area contributed by atoms with Gasteiger partial charge in [-0.25, -0.2) is 8.78 Å². The van der Waals surface area contributed by atoms with Gasteiger partial charge >= 0.3 is 0 Å². The molecule has 0 saturated carbocycles. The van der Waals surface area contributed by atoms with E-state index in [1.54, 1.807) is 13.0 Å². The Morgan fingerprint density at radius 1 is 1.10 bits per heavy atom. The van der Waals surface area contributed by atoms with E-state index in [9.17, 15) is 23.7 Å². The number of halogens is 2. The van der Waals surface area contributed by atoms with Gasteiger partial charge in [0.05, 0.1) is 16.1 Å². The Kier molecular flexibility index (Phi) is 5.21. The van der Waals surface area contributed by atoms with Crippen molar-refractivity contribution >= 4 is 17.5 Å². The number of carbonyl (C=O) groups is 1. The summed E-state index contributed by atoms with van der Waals surface area (Å²) in [6.45, 7) is 1.38. The van der Waals surface area contributed by atoms with Crippen molar-refractivity contribution in [1.29, 1.82) is 0 Å². The van der Waals surface area contributed by atoms with E-state index in [2.05, 4.69) is 0 Å². The van der Waals surface area contributed by atoms with Crippen LogP contribution >= 0.6 is 0 Å². The van der Waals surface area contributed by atoms with Crippen LogP contribution in [0.5, 0.6) is 11.5 Å². The fourth-order valence-corrected chi connectivity index (χ4v) is 3.23. The van der Waals surface area contributed by atoms with E-state index < -0.39 is 16.6 Å². The molecule has 1 aliphatic heterocycles. The first-order valence-electron chi connectivity index (χ1n) is 9.22. The van der Waals surface area contributed by atoms with Crippen molar-refractivity contribution in [1.82, 2.24) is 0 Å². The molecule has 1 aliphatic rings. The predicted molar refractivity (Wildman–Crippen MR) is 108 cm³/mol. The highest BCUT2D eigenvalue weighted by atomic mass is 19.1. The SMILES string of the molecule is Cc1cc(OCc2c(F)cccc2F)cc2c1C(=O)/C(=C/c1ccc([N+](=O)[O-])cc1)O2. The molecule has 0 saturated heterocycles. The van der Waals surface area contributed by atoms with E-state index in [0.717, 1.165) is 12.1 Å². The van der Waals surface area contributed by atoms with Crippen LogP contribution < -0.4 is 9.47 Å². The van der Waals surface area contributed by atoms with E-state index in [0.29, 0.717) is 22.4 Å². The number of hydrogen-bond acceptors (Lipinski definition) is 5. The third-order valence-corrected chi connectivity index (χ3v) is 4.79. The van der Waals surface area contributed by atoms with Gasteiger partial charge in [0.15, 0.2) is 5.76 Å². The quantitative estimate of drug-likeness (QED) is 0.313. The summed E-state index contributed by atoms with van der Waals surface area (Å²) in [7, 11) is 0. The zero-order chi connectivity index (χ0) is 22.1. The molecule has 156 valence electrons. The first-order chi connectivity index (χ1) is 14.8. The van der Waals surface area contributed by atoms with Crippen molar-refractivity contribution in [2.75, 3.05) is 0 Å². The Hall–Kier alpha value is -4.07. The van der Waals surface area contributed by atoms with Gasteiger partial charge in [0.25, 0.3) is 5.69 Å². The summed E-state index contributed by atoms with van der Waals surface area (Å²) in [4.78, 5) is 23.0. The van der Waals surface area contributed by atoms with Gasteiger partial charge < -0.3 is 9.47 Å². The van der Waals surface area contributed by atoms with Crippen LogP contribution in [0.25, 0.3) is 6.08 Å². The number of ketones is 1.